The Morgan fingerprint density at radius 3 is 3.00 bits per heavy atom. The molecule has 0 aliphatic carbocycles. The van der Waals surface area contributed by atoms with Gasteiger partial charge in [-0.15, -0.1) is 11.3 Å². The normalized spacial score (nSPS) is 10.3. The molecular weight excluding hydrogens is 252 g/mol. The second kappa shape index (κ2) is 5.59. The fourth-order valence-electron chi connectivity index (χ4n) is 1.46. The van der Waals surface area contributed by atoms with Crippen LogP contribution >= 0.6 is 11.3 Å². The molecule has 5 nitrogen and oxygen atoms in total. The predicted octanol–water partition coefficient (Wildman–Crippen LogP) is 1.38. The van der Waals surface area contributed by atoms with Crippen LogP contribution in [-0.2, 0) is 6.42 Å². The van der Waals surface area contributed by atoms with Gasteiger partial charge in [-0.3, -0.25) is 9.59 Å². The first-order valence-electron chi connectivity index (χ1n) is 5.43. The van der Waals surface area contributed by atoms with Gasteiger partial charge in [0.1, 0.15) is 5.76 Å². The lowest BCUT2D eigenvalue weighted by Crippen LogP contribution is -2.26. The summed E-state index contributed by atoms with van der Waals surface area (Å²) in [5.74, 6) is 0.0825. The van der Waals surface area contributed by atoms with Gasteiger partial charge in [-0.05, 0) is 6.92 Å². The molecule has 2 aromatic rings. The minimum atomic E-state index is -0.382. The Hall–Kier alpha value is -1.95. The zero-order valence-electron chi connectivity index (χ0n) is 9.80. The molecule has 0 saturated heterocycles. The van der Waals surface area contributed by atoms with E-state index in [0.717, 1.165) is 5.01 Å². The van der Waals surface area contributed by atoms with Crippen molar-refractivity contribution in [3.8, 4) is 0 Å². The van der Waals surface area contributed by atoms with Crippen LogP contribution in [0.3, 0.4) is 0 Å². The Morgan fingerprint density at radius 2 is 2.33 bits per heavy atom. The van der Waals surface area contributed by atoms with Crippen LogP contribution < -0.4 is 10.7 Å². The van der Waals surface area contributed by atoms with Crippen molar-refractivity contribution in [3.63, 3.8) is 0 Å². The summed E-state index contributed by atoms with van der Waals surface area (Å²) in [7, 11) is 0. The maximum Gasteiger partial charge on any atom is 0.287 e. The largest absolute Gasteiger partial charge is 0.456 e. The summed E-state index contributed by atoms with van der Waals surface area (Å²) in [6, 6.07) is 2.53. The number of nitrogens with zero attached hydrogens (tertiary/aromatic N) is 1. The number of rotatable bonds is 4. The van der Waals surface area contributed by atoms with E-state index in [0.29, 0.717) is 18.7 Å². The SMILES string of the molecule is Cc1cc(=O)cc(C(=O)NCCc2nccs2)o1. The Labute approximate surface area is 107 Å². The molecule has 1 N–H and O–H groups in total. The Balaban J connectivity index is 1.93. The van der Waals surface area contributed by atoms with Gasteiger partial charge in [0, 0.05) is 36.7 Å². The molecule has 0 atom stereocenters. The van der Waals surface area contributed by atoms with Crippen molar-refractivity contribution in [2.24, 2.45) is 0 Å². The van der Waals surface area contributed by atoms with Gasteiger partial charge in [-0.1, -0.05) is 0 Å². The highest BCUT2D eigenvalue weighted by Gasteiger charge is 2.09. The topological polar surface area (TPSA) is 72.2 Å². The molecule has 1 amide bonds. The fourth-order valence-corrected chi connectivity index (χ4v) is 2.08. The van der Waals surface area contributed by atoms with Gasteiger partial charge in [-0.2, -0.15) is 0 Å². The minimum absolute atomic E-state index is 0.0409. The third-order valence-corrected chi connectivity index (χ3v) is 3.06. The van der Waals surface area contributed by atoms with E-state index in [-0.39, 0.29) is 17.1 Å². The summed E-state index contributed by atoms with van der Waals surface area (Å²) in [4.78, 5) is 27.1. The molecule has 0 saturated carbocycles. The number of hydrogen-bond donors (Lipinski definition) is 1. The van der Waals surface area contributed by atoms with Gasteiger partial charge >= 0.3 is 0 Å². The highest BCUT2D eigenvalue weighted by molar-refractivity contribution is 7.09. The lowest BCUT2D eigenvalue weighted by atomic mass is 10.3. The average Bonchev–Trinajstić information content (AvgIpc) is 2.80. The van der Waals surface area contributed by atoms with Crippen LogP contribution in [0.25, 0.3) is 0 Å². The third kappa shape index (κ3) is 3.27. The highest BCUT2D eigenvalue weighted by Crippen LogP contribution is 2.04. The van der Waals surface area contributed by atoms with E-state index >= 15 is 0 Å². The number of hydrogen-bond acceptors (Lipinski definition) is 5. The first kappa shape index (κ1) is 12.5. The van der Waals surface area contributed by atoms with Crippen LogP contribution in [0.4, 0.5) is 0 Å². The molecule has 2 heterocycles. The molecule has 18 heavy (non-hydrogen) atoms. The summed E-state index contributed by atoms with van der Waals surface area (Å²) in [5.41, 5.74) is -0.233. The number of aryl methyl sites for hydroxylation is 1. The Morgan fingerprint density at radius 1 is 1.50 bits per heavy atom. The minimum Gasteiger partial charge on any atom is -0.456 e. The zero-order chi connectivity index (χ0) is 13.0. The van der Waals surface area contributed by atoms with Crippen LogP contribution in [0, 0.1) is 6.92 Å². The number of carbonyl (C=O) groups is 1. The van der Waals surface area contributed by atoms with Gasteiger partial charge in [0.25, 0.3) is 5.91 Å². The summed E-state index contributed by atoms with van der Waals surface area (Å²) >= 11 is 1.54. The van der Waals surface area contributed by atoms with Crippen molar-refractivity contribution in [3.05, 3.63) is 50.5 Å². The van der Waals surface area contributed by atoms with Gasteiger partial charge in [-0.25, -0.2) is 4.98 Å². The van der Waals surface area contributed by atoms with Gasteiger partial charge in [0.05, 0.1) is 5.01 Å². The van der Waals surface area contributed by atoms with Crippen molar-refractivity contribution < 1.29 is 9.21 Å². The van der Waals surface area contributed by atoms with Crippen molar-refractivity contribution in [1.29, 1.82) is 0 Å². The molecule has 0 unspecified atom stereocenters. The number of carbonyl (C=O) groups excluding carboxylic acids is 1. The van der Waals surface area contributed by atoms with Crippen LogP contribution in [0.2, 0.25) is 0 Å². The van der Waals surface area contributed by atoms with E-state index in [1.807, 2.05) is 5.38 Å². The van der Waals surface area contributed by atoms with Crippen LogP contribution in [-0.4, -0.2) is 17.4 Å². The van der Waals surface area contributed by atoms with Crippen LogP contribution in [0.5, 0.6) is 0 Å². The highest BCUT2D eigenvalue weighted by atomic mass is 32.1. The maximum absolute atomic E-state index is 11.7. The summed E-state index contributed by atoms with van der Waals surface area (Å²) in [5, 5.41) is 5.53. The molecular formula is C12H12N2O3S. The van der Waals surface area contributed by atoms with E-state index < -0.39 is 0 Å². The van der Waals surface area contributed by atoms with E-state index in [9.17, 15) is 9.59 Å². The molecule has 2 rings (SSSR count). The Kier molecular flexibility index (Phi) is 3.88. The molecule has 0 spiro atoms. The predicted molar refractivity (Wildman–Crippen MR) is 67.9 cm³/mol. The first-order chi connectivity index (χ1) is 8.65. The van der Waals surface area contributed by atoms with E-state index in [2.05, 4.69) is 10.3 Å². The van der Waals surface area contributed by atoms with E-state index in [1.165, 1.54) is 23.5 Å². The quantitative estimate of drug-likeness (QED) is 0.905. The van der Waals surface area contributed by atoms with Gasteiger partial charge < -0.3 is 9.73 Å². The zero-order valence-corrected chi connectivity index (χ0v) is 10.6. The molecule has 0 fully saturated rings. The summed E-state index contributed by atoms with van der Waals surface area (Å²) < 4.78 is 5.18. The smallest absolute Gasteiger partial charge is 0.287 e. The number of aromatic nitrogens is 1. The first-order valence-corrected chi connectivity index (χ1v) is 6.31. The molecule has 0 aliphatic heterocycles. The van der Waals surface area contributed by atoms with Crippen molar-refractivity contribution in [2.45, 2.75) is 13.3 Å². The maximum atomic E-state index is 11.7. The van der Waals surface area contributed by atoms with E-state index in [1.54, 1.807) is 13.1 Å². The van der Waals surface area contributed by atoms with E-state index in [4.69, 9.17) is 4.42 Å². The van der Waals surface area contributed by atoms with Crippen LogP contribution in [0.15, 0.2) is 32.9 Å². The second-order valence-corrected chi connectivity index (χ2v) is 4.68. The van der Waals surface area contributed by atoms with Crippen molar-refractivity contribution in [1.82, 2.24) is 10.3 Å². The third-order valence-electron chi connectivity index (χ3n) is 2.22. The molecule has 2 aromatic heterocycles. The molecule has 0 bridgehead atoms. The average molecular weight is 264 g/mol. The molecule has 6 heteroatoms. The van der Waals surface area contributed by atoms with Crippen molar-refractivity contribution >= 4 is 17.2 Å². The number of nitrogens with one attached hydrogen (secondary N) is 1. The fraction of sp³-hybridized carbons (Fsp3) is 0.250. The number of thiazole rings is 1. The van der Waals surface area contributed by atoms with Gasteiger partial charge in [0.15, 0.2) is 11.2 Å². The standard InChI is InChI=1S/C12H12N2O3S/c1-8-6-9(15)7-10(17-8)12(16)14-3-2-11-13-4-5-18-11/h4-7H,2-3H2,1H3,(H,14,16). The monoisotopic (exact) mass is 264 g/mol. The van der Waals surface area contributed by atoms with Crippen molar-refractivity contribution in [2.75, 3.05) is 6.54 Å². The second-order valence-electron chi connectivity index (χ2n) is 3.70. The van der Waals surface area contributed by atoms with Gasteiger partial charge in [0.2, 0.25) is 0 Å². The Bertz CT molecular complexity index is 590. The molecule has 94 valence electrons. The lowest BCUT2D eigenvalue weighted by molar-refractivity contribution is 0.0922. The molecule has 0 aromatic carbocycles. The summed E-state index contributed by atoms with van der Waals surface area (Å²) in [6.45, 7) is 2.09. The molecule has 0 aliphatic rings. The summed E-state index contributed by atoms with van der Waals surface area (Å²) in [6.07, 6.45) is 2.39. The number of amides is 1. The van der Waals surface area contributed by atoms with Crippen LogP contribution in [0.1, 0.15) is 21.3 Å². The lowest BCUT2D eigenvalue weighted by Gasteiger charge is -2.03. The molecule has 0 radical (unpaired) electrons.